The van der Waals surface area contributed by atoms with Gasteiger partial charge in [0.25, 0.3) is 0 Å². The zero-order valence-electron chi connectivity index (χ0n) is 17.7. The van der Waals surface area contributed by atoms with E-state index in [0.717, 1.165) is 29.7 Å². The number of benzene rings is 2. The van der Waals surface area contributed by atoms with E-state index in [9.17, 15) is 9.59 Å². The van der Waals surface area contributed by atoms with Gasteiger partial charge < -0.3 is 20.1 Å². The average molecular weight is 486 g/mol. The molecule has 33 heavy (non-hydrogen) atoms. The first kappa shape index (κ1) is 22.9. The normalized spacial score (nSPS) is 14.6. The van der Waals surface area contributed by atoms with Gasteiger partial charge in [0.05, 0.1) is 18.4 Å². The van der Waals surface area contributed by atoms with Crippen LogP contribution in [0.4, 0.5) is 5.69 Å². The highest BCUT2D eigenvalue weighted by Gasteiger charge is 2.24. The monoisotopic (exact) mass is 485 g/mol. The molecule has 1 aliphatic rings. The minimum atomic E-state index is -0.339. The number of amides is 2. The average Bonchev–Trinajstić information content (AvgIpc) is 2.79. The van der Waals surface area contributed by atoms with Gasteiger partial charge in [-0.2, -0.15) is 0 Å². The number of aryl methyl sites for hydroxylation is 1. The Kier molecular flexibility index (Phi) is 7.01. The molecule has 1 atom stereocenters. The second kappa shape index (κ2) is 10.1. The molecule has 0 radical (unpaired) electrons. The summed E-state index contributed by atoms with van der Waals surface area (Å²) in [5.41, 5.74) is 2.46. The number of carbonyl (C=O) groups excluding carboxylic acids is 2. The lowest BCUT2D eigenvalue weighted by Crippen LogP contribution is -2.31. The molecule has 3 aromatic rings. The first-order valence-electron chi connectivity index (χ1n) is 10.3. The predicted octanol–water partition coefficient (Wildman–Crippen LogP) is 5.32. The molecule has 7 nitrogen and oxygen atoms in total. The molecule has 0 aliphatic carbocycles. The van der Waals surface area contributed by atoms with Crippen LogP contribution in [-0.2, 0) is 16.0 Å². The van der Waals surface area contributed by atoms with Crippen LogP contribution in [0.15, 0.2) is 54.7 Å². The van der Waals surface area contributed by atoms with Gasteiger partial charge in [-0.05, 0) is 54.8 Å². The molecule has 1 aliphatic heterocycles. The molecule has 0 fully saturated rings. The second-order valence-electron chi connectivity index (χ2n) is 7.53. The molecular formula is C24H21Cl2N3O4. The molecule has 0 spiro atoms. The molecule has 9 heteroatoms. The fourth-order valence-corrected chi connectivity index (χ4v) is 3.99. The van der Waals surface area contributed by atoms with Crippen LogP contribution in [0.25, 0.3) is 0 Å². The van der Waals surface area contributed by atoms with E-state index in [1.165, 1.54) is 13.1 Å². The van der Waals surface area contributed by atoms with Crippen molar-refractivity contribution in [3.05, 3.63) is 75.9 Å². The Morgan fingerprint density at radius 1 is 1.15 bits per heavy atom. The fraction of sp³-hybridized carbons (Fsp3) is 0.208. The van der Waals surface area contributed by atoms with Crippen LogP contribution < -0.4 is 20.1 Å². The van der Waals surface area contributed by atoms with Crippen molar-refractivity contribution in [2.45, 2.75) is 25.9 Å². The van der Waals surface area contributed by atoms with Crippen LogP contribution in [-0.4, -0.2) is 23.3 Å². The van der Waals surface area contributed by atoms with E-state index >= 15 is 0 Å². The molecule has 2 N–H and O–H groups in total. The summed E-state index contributed by atoms with van der Waals surface area (Å²) in [5.74, 6) is 1.20. The maximum absolute atomic E-state index is 11.8. The third-order valence-corrected chi connectivity index (χ3v) is 5.59. The first-order chi connectivity index (χ1) is 15.9. The molecule has 0 bridgehead atoms. The molecule has 2 heterocycles. The van der Waals surface area contributed by atoms with Gasteiger partial charge in [-0.3, -0.25) is 9.59 Å². The van der Waals surface area contributed by atoms with E-state index < -0.39 is 0 Å². The van der Waals surface area contributed by atoms with Crippen molar-refractivity contribution >= 4 is 40.7 Å². The van der Waals surface area contributed by atoms with Crippen LogP contribution in [0.1, 0.15) is 30.6 Å². The van der Waals surface area contributed by atoms with E-state index in [1.54, 1.807) is 18.2 Å². The summed E-state index contributed by atoms with van der Waals surface area (Å²) < 4.78 is 12.0. The number of fused-ring (bicyclic) bond motifs is 1. The SMILES string of the molecule is CC(=O)NCC(=O)Nc1ccc(Oc2ccc3c(c2)CCC(c2ccc(Cl)cc2Cl)O3)nc1. The number of aromatic nitrogens is 1. The van der Waals surface area contributed by atoms with Crippen LogP contribution in [0.5, 0.6) is 17.4 Å². The summed E-state index contributed by atoms with van der Waals surface area (Å²) in [4.78, 5) is 26.9. The number of nitrogens with one attached hydrogen (secondary N) is 2. The van der Waals surface area contributed by atoms with Crippen molar-refractivity contribution in [3.8, 4) is 17.4 Å². The van der Waals surface area contributed by atoms with Gasteiger partial charge in [-0.25, -0.2) is 4.98 Å². The van der Waals surface area contributed by atoms with Gasteiger partial charge >= 0.3 is 0 Å². The number of anilines is 1. The van der Waals surface area contributed by atoms with Crippen molar-refractivity contribution in [1.82, 2.24) is 10.3 Å². The van der Waals surface area contributed by atoms with Gasteiger partial charge in [0, 0.05) is 28.6 Å². The Labute approximate surface area is 201 Å². The number of rotatable bonds is 6. The summed E-state index contributed by atoms with van der Waals surface area (Å²) in [7, 11) is 0. The molecule has 4 rings (SSSR count). The Hall–Kier alpha value is -3.29. The number of ether oxygens (including phenoxy) is 2. The minimum absolute atomic E-state index is 0.101. The lowest BCUT2D eigenvalue weighted by atomic mass is 9.97. The maximum Gasteiger partial charge on any atom is 0.243 e. The van der Waals surface area contributed by atoms with Crippen LogP contribution >= 0.6 is 23.2 Å². The standard InChI is InChI=1S/C24H21Cl2N3O4/c1-14(30)27-13-23(31)29-17-4-9-24(28-12-17)32-18-5-8-21-15(10-18)2-7-22(33-21)19-6-3-16(25)11-20(19)26/h3-6,8-12,22H,2,7,13H2,1H3,(H,27,30)(H,29,31). The van der Waals surface area contributed by atoms with Crippen molar-refractivity contribution in [2.24, 2.45) is 0 Å². The zero-order valence-corrected chi connectivity index (χ0v) is 19.2. The largest absolute Gasteiger partial charge is 0.485 e. The minimum Gasteiger partial charge on any atom is -0.485 e. The lowest BCUT2D eigenvalue weighted by molar-refractivity contribution is -0.122. The molecule has 0 saturated carbocycles. The zero-order chi connectivity index (χ0) is 23.4. The topological polar surface area (TPSA) is 89.6 Å². The van der Waals surface area contributed by atoms with E-state index in [1.807, 2.05) is 30.3 Å². The second-order valence-corrected chi connectivity index (χ2v) is 8.37. The fourth-order valence-electron chi connectivity index (χ4n) is 3.46. The Morgan fingerprint density at radius 3 is 2.73 bits per heavy atom. The summed E-state index contributed by atoms with van der Waals surface area (Å²) in [6.07, 6.45) is 2.94. The number of halogens is 2. The van der Waals surface area contributed by atoms with E-state index in [4.69, 9.17) is 32.7 Å². The number of pyridine rings is 1. The predicted molar refractivity (Wildman–Crippen MR) is 126 cm³/mol. The number of carbonyl (C=O) groups is 2. The molecule has 2 aromatic carbocycles. The van der Waals surface area contributed by atoms with Gasteiger partial charge in [0.2, 0.25) is 17.7 Å². The van der Waals surface area contributed by atoms with Crippen LogP contribution in [0.2, 0.25) is 10.0 Å². The molecule has 1 aromatic heterocycles. The number of hydrogen-bond donors (Lipinski definition) is 2. The molecule has 0 saturated heterocycles. The molecular weight excluding hydrogens is 465 g/mol. The summed E-state index contributed by atoms with van der Waals surface area (Å²) >= 11 is 12.3. The summed E-state index contributed by atoms with van der Waals surface area (Å²) in [6.45, 7) is 1.25. The molecule has 1 unspecified atom stereocenters. The highest BCUT2D eigenvalue weighted by Crippen LogP contribution is 2.39. The third-order valence-electron chi connectivity index (χ3n) is 5.03. The summed E-state index contributed by atoms with van der Waals surface area (Å²) in [6, 6.07) is 14.4. The quantitative estimate of drug-likeness (QED) is 0.492. The van der Waals surface area contributed by atoms with E-state index in [2.05, 4.69) is 15.6 Å². The van der Waals surface area contributed by atoms with Gasteiger partial charge in [-0.15, -0.1) is 0 Å². The lowest BCUT2D eigenvalue weighted by Gasteiger charge is -2.27. The van der Waals surface area contributed by atoms with Crippen molar-refractivity contribution in [2.75, 3.05) is 11.9 Å². The van der Waals surface area contributed by atoms with Crippen LogP contribution in [0, 0.1) is 0 Å². The highest BCUT2D eigenvalue weighted by molar-refractivity contribution is 6.35. The Morgan fingerprint density at radius 2 is 2.00 bits per heavy atom. The Bertz CT molecular complexity index is 1180. The van der Waals surface area contributed by atoms with E-state index in [-0.39, 0.29) is 24.5 Å². The third kappa shape index (κ3) is 5.94. The van der Waals surface area contributed by atoms with Crippen molar-refractivity contribution in [3.63, 3.8) is 0 Å². The smallest absolute Gasteiger partial charge is 0.243 e. The summed E-state index contributed by atoms with van der Waals surface area (Å²) in [5, 5.41) is 6.27. The van der Waals surface area contributed by atoms with Gasteiger partial charge in [0.15, 0.2) is 0 Å². The maximum atomic E-state index is 11.8. The van der Waals surface area contributed by atoms with Crippen molar-refractivity contribution < 1.29 is 19.1 Å². The van der Waals surface area contributed by atoms with E-state index in [0.29, 0.717) is 27.4 Å². The van der Waals surface area contributed by atoms with Gasteiger partial charge in [-0.1, -0.05) is 29.3 Å². The molecule has 170 valence electrons. The highest BCUT2D eigenvalue weighted by atomic mass is 35.5. The molecule has 2 amide bonds. The first-order valence-corrected chi connectivity index (χ1v) is 11.1. The number of hydrogen-bond acceptors (Lipinski definition) is 5. The van der Waals surface area contributed by atoms with Gasteiger partial charge in [0.1, 0.15) is 17.6 Å². The Balaban J connectivity index is 1.38. The number of nitrogens with zero attached hydrogens (tertiary/aromatic N) is 1. The van der Waals surface area contributed by atoms with Crippen molar-refractivity contribution in [1.29, 1.82) is 0 Å². The van der Waals surface area contributed by atoms with Crippen LogP contribution in [0.3, 0.4) is 0 Å².